The fraction of sp³-hybridized carbons (Fsp3) is 0.583. The number of aromatic nitrogens is 1. The zero-order valence-corrected chi connectivity index (χ0v) is 9.62. The summed E-state index contributed by atoms with van der Waals surface area (Å²) in [5.41, 5.74) is 0.825. The molecule has 0 aliphatic carbocycles. The summed E-state index contributed by atoms with van der Waals surface area (Å²) >= 11 is 0. The molecule has 1 aliphatic rings. The maximum Gasteiger partial charge on any atom is 0.214 e. The van der Waals surface area contributed by atoms with Crippen LogP contribution in [0.3, 0.4) is 0 Å². The number of hydrogen-bond acceptors (Lipinski definition) is 3. The molecule has 88 valence electrons. The first kappa shape index (κ1) is 11.3. The van der Waals surface area contributed by atoms with Crippen molar-refractivity contribution in [1.29, 1.82) is 0 Å². The fourth-order valence-electron chi connectivity index (χ4n) is 2.04. The van der Waals surface area contributed by atoms with Gasteiger partial charge in [0.1, 0.15) is 0 Å². The predicted molar refractivity (Wildman–Crippen MR) is 62.9 cm³/mol. The van der Waals surface area contributed by atoms with E-state index in [9.17, 15) is 4.39 Å². The summed E-state index contributed by atoms with van der Waals surface area (Å²) in [6, 6.07) is 3.24. The van der Waals surface area contributed by atoms with Gasteiger partial charge < -0.3 is 10.2 Å². The monoisotopic (exact) mass is 223 g/mol. The van der Waals surface area contributed by atoms with Gasteiger partial charge in [0.05, 0.1) is 0 Å². The van der Waals surface area contributed by atoms with Crippen LogP contribution in [0.15, 0.2) is 18.3 Å². The molecule has 1 saturated heterocycles. The van der Waals surface area contributed by atoms with Crippen LogP contribution < -0.4 is 5.32 Å². The molecule has 0 atom stereocenters. The summed E-state index contributed by atoms with van der Waals surface area (Å²) in [5.74, 6) is 0.279. The smallest absolute Gasteiger partial charge is 0.214 e. The number of nitrogens with zero attached hydrogens (tertiary/aromatic N) is 2. The molecule has 2 heterocycles. The van der Waals surface area contributed by atoms with Crippen LogP contribution in [-0.2, 0) is 0 Å². The van der Waals surface area contributed by atoms with Crippen LogP contribution in [-0.4, -0.2) is 36.6 Å². The molecule has 1 aromatic rings. The maximum atomic E-state index is 12.8. The molecule has 0 aromatic carbocycles. The first-order valence-corrected chi connectivity index (χ1v) is 5.78. The highest BCUT2D eigenvalue weighted by Crippen LogP contribution is 2.17. The summed E-state index contributed by atoms with van der Waals surface area (Å²) < 4.78 is 12.8. The zero-order valence-electron chi connectivity index (χ0n) is 9.62. The highest BCUT2D eigenvalue weighted by atomic mass is 19.1. The molecular formula is C12H18FN3. The summed E-state index contributed by atoms with van der Waals surface area (Å²) in [4.78, 5) is 5.88. The number of likely N-dealkylation sites (tertiary alicyclic amines) is 1. The van der Waals surface area contributed by atoms with Gasteiger partial charge in [-0.3, -0.25) is 0 Å². The van der Waals surface area contributed by atoms with Gasteiger partial charge in [-0.2, -0.15) is 4.39 Å². The fourth-order valence-corrected chi connectivity index (χ4v) is 2.04. The number of nitrogens with one attached hydrogen (secondary N) is 1. The van der Waals surface area contributed by atoms with Crippen molar-refractivity contribution in [3.05, 3.63) is 24.3 Å². The molecule has 16 heavy (non-hydrogen) atoms. The number of pyridine rings is 1. The maximum absolute atomic E-state index is 12.8. The normalized spacial score (nSPS) is 18.6. The Morgan fingerprint density at radius 1 is 1.50 bits per heavy atom. The van der Waals surface area contributed by atoms with Crippen molar-refractivity contribution in [3.63, 3.8) is 0 Å². The number of halogens is 1. The lowest BCUT2D eigenvalue weighted by atomic mass is 9.97. The van der Waals surface area contributed by atoms with Crippen molar-refractivity contribution in [3.8, 4) is 0 Å². The molecule has 2 rings (SSSR count). The van der Waals surface area contributed by atoms with Crippen LogP contribution in [0.25, 0.3) is 0 Å². The van der Waals surface area contributed by atoms with Crippen molar-refractivity contribution in [1.82, 2.24) is 9.88 Å². The molecule has 0 radical (unpaired) electrons. The molecule has 1 aromatic heterocycles. The summed E-state index contributed by atoms with van der Waals surface area (Å²) in [7, 11) is 2.15. The van der Waals surface area contributed by atoms with E-state index in [4.69, 9.17) is 0 Å². The number of hydrogen-bond donors (Lipinski definition) is 1. The van der Waals surface area contributed by atoms with E-state index in [2.05, 4.69) is 22.2 Å². The van der Waals surface area contributed by atoms with Gasteiger partial charge in [-0.1, -0.05) is 0 Å². The number of rotatable bonds is 3. The van der Waals surface area contributed by atoms with E-state index in [-0.39, 0.29) is 0 Å². The van der Waals surface area contributed by atoms with E-state index in [0.29, 0.717) is 5.92 Å². The first-order valence-electron chi connectivity index (χ1n) is 5.78. The quantitative estimate of drug-likeness (QED) is 0.794. The SMILES string of the molecule is CN1CCC(CNc2ccnc(F)c2)CC1. The van der Waals surface area contributed by atoms with Crippen LogP contribution in [0.2, 0.25) is 0 Å². The van der Waals surface area contributed by atoms with E-state index in [1.165, 1.54) is 25.1 Å². The van der Waals surface area contributed by atoms with E-state index in [1.54, 1.807) is 6.07 Å². The van der Waals surface area contributed by atoms with Crippen molar-refractivity contribution < 1.29 is 4.39 Å². The molecule has 4 heteroatoms. The standard InChI is InChI=1S/C12H18FN3/c1-16-6-3-10(4-7-16)9-15-11-2-5-14-12(13)8-11/h2,5,8,10H,3-4,6-7,9H2,1H3,(H,14,15). The lowest BCUT2D eigenvalue weighted by molar-refractivity contribution is 0.226. The van der Waals surface area contributed by atoms with Crippen LogP contribution in [0.5, 0.6) is 0 Å². The third-order valence-electron chi connectivity index (χ3n) is 3.16. The van der Waals surface area contributed by atoms with E-state index in [1.807, 2.05) is 0 Å². The van der Waals surface area contributed by atoms with Crippen LogP contribution in [0.4, 0.5) is 10.1 Å². The highest BCUT2D eigenvalue weighted by Gasteiger charge is 2.16. The topological polar surface area (TPSA) is 28.2 Å². The van der Waals surface area contributed by atoms with Crippen molar-refractivity contribution in [2.24, 2.45) is 5.92 Å². The molecule has 0 unspecified atom stereocenters. The highest BCUT2D eigenvalue weighted by molar-refractivity contribution is 5.41. The van der Waals surface area contributed by atoms with Crippen LogP contribution >= 0.6 is 0 Å². The van der Waals surface area contributed by atoms with Gasteiger partial charge in [-0.05, 0) is 45.0 Å². The third kappa shape index (κ3) is 3.17. The second kappa shape index (κ2) is 5.25. The average molecular weight is 223 g/mol. The van der Waals surface area contributed by atoms with Crippen molar-refractivity contribution in [2.45, 2.75) is 12.8 Å². The van der Waals surface area contributed by atoms with Gasteiger partial charge >= 0.3 is 0 Å². The summed E-state index contributed by atoms with van der Waals surface area (Å²) in [5, 5.41) is 3.27. The zero-order chi connectivity index (χ0) is 11.4. The van der Waals surface area contributed by atoms with E-state index >= 15 is 0 Å². The van der Waals surface area contributed by atoms with Crippen LogP contribution in [0.1, 0.15) is 12.8 Å². The van der Waals surface area contributed by atoms with Crippen molar-refractivity contribution in [2.75, 3.05) is 32.0 Å². The third-order valence-corrected chi connectivity index (χ3v) is 3.16. The number of piperidine rings is 1. The van der Waals surface area contributed by atoms with E-state index < -0.39 is 5.95 Å². The first-order chi connectivity index (χ1) is 7.74. The molecule has 0 spiro atoms. The number of anilines is 1. The Balaban J connectivity index is 1.79. The summed E-state index contributed by atoms with van der Waals surface area (Å²) in [6.45, 7) is 3.26. The molecule has 3 nitrogen and oxygen atoms in total. The Morgan fingerprint density at radius 2 is 2.25 bits per heavy atom. The predicted octanol–water partition coefficient (Wildman–Crippen LogP) is 1.97. The average Bonchev–Trinajstić information content (AvgIpc) is 2.28. The molecule has 1 N–H and O–H groups in total. The lowest BCUT2D eigenvalue weighted by Crippen LogP contribution is -2.32. The minimum absolute atomic E-state index is 0.423. The molecular weight excluding hydrogens is 205 g/mol. The van der Waals surface area contributed by atoms with Gasteiger partial charge in [0.15, 0.2) is 0 Å². The Labute approximate surface area is 95.7 Å². The summed E-state index contributed by atoms with van der Waals surface area (Å²) in [6.07, 6.45) is 3.93. The molecule has 0 amide bonds. The second-order valence-electron chi connectivity index (χ2n) is 4.49. The van der Waals surface area contributed by atoms with Gasteiger partial charge in [0, 0.05) is 24.5 Å². The Bertz CT molecular complexity index is 335. The Hall–Kier alpha value is -1.16. The van der Waals surface area contributed by atoms with Gasteiger partial charge in [0.2, 0.25) is 5.95 Å². The van der Waals surface area contributed by atoms with Gasteiger partial charge in [-0.15, -0.1) is 0 Å². The Kier molecular flexibility index (Phi) is 3.72. The Morgan fingerprint density at radius 3 is 2.94 bits per heavy atom. The van der Waals surface area contributed by atoms with Gasteiger partial charge in [-0.25, -0.2) is 4.98 Å². The lowest BCUT2D eigenvalue weighted by Gasteiger charge is -2.29. The van der Waals surface area contributed by atoms with Crippen LogP contribution in [0, 0.1) is 11.9 Å². The molecule has 1 aliphatic heterocycles. The second-order valence-corrected chi connectivity index (χ2v) is 4.49. The van der Waals surface area contributed by atoms with Gasteiger partial charge in [0.25, 0.3) is 0 Å². The largest absolute Gasteiger partial charge is 0.385 e. The van der Waals surface area contributed by atoms with Crippen molar-refractivity contribution >= 4 is 5.69 Å². The van der Waals surface area contributed by atoms with E-state index in [0.717, 1.165) is 25.3 Å². The molecule has 0 bridgehead atoms. The minimum Gasteiger partial charge on any atom is -0.385 e. The minimum atomic E-state index is -0.423. The molecule has 1 fully saturated rings. The molecule has 0 saturated carbocycles.